The maximum absolute atomic E-state index is 14.6. The predicted molar refractivity (Wildman–Crippen MR) is 283 cm³/mol. The molecule has 3 aromatic carbocycles. The van der Waals surface area contributed by atoms with E-state index in [-0.39, 0.29) is 96.0 Å². The lowest BCUT2D eigenvalue weighted by molar-refractivity contribution is -0.134. The molecular weight excluding hydrogens is 947 g/mol. The molecule has 0 bridgehead atoms. The van der Waals surface area contributed by atoms with E-state index in [9.17, 15) is 38.4 Å². The number of primary amides is 1. The molecule has 1 aliphatic rings. The number of rotatable bonds is 14. The van der Waals surface area contributed by atoms with E-state index < -0.39 is 71.6 Å². The monoisotopic (exact) mass is 1020 g/mol. The van der Waals surface area contributed by atoms with Gasteiger partial charge in [0.2, 0.25) is 47.3 Å². The van der Waals surface area contributed by atoms with Crippen LogP contribution >= 0.6 is 0 Å². The molecule has 14 N–H and O–H groups in total. The zero-order valence-corrected chi connectivity index (χ0v) is 42.4. The largest absolute Gasteiger partial charge is 0.370 e. The molecule has 0 unspecified atom stereocenters. The number of hydrogen-bond donors (Lipinski definition) is 11. The lowest BCUT2D eigenvalue weighted by Gasteiger charge is -2.27. The molecule has 2 heterocycles. The van der Waals surface area contributed by atoms with Gasteiger partial charge in [0.05, 0.1) is 6.42 Å². The van der Waals surface area contributed by atoms with Crippen LogP contribution in [0.1, 0.15) is 87.8 Å². The average Bonchev–Trinajstić information content (AvgIpc) is 3.78. The molecule has 398 valence electrons. The quantitative estimate of drug-likeness (QED) is 0.0483. The Bertz CT molecular complexity index is 2570. The molecule has 8 amide bonds. The highest BCUT2D eigenvalue weighted by molar-refractivity contribution is 5.96. The number of carbonyl (C=O) groups is 8. The van der Waals surface area contributed by atoms with E-state index >= 15 is 0 Å². The Morgan fingerprint density at radius 2 is 1.45 bits per heavy atom. The normalized spacial score (nSPS) is 20.6. The van der Waals surface area contributed by atoms with Crippen molar-refractivity contribution < 1.29 is 38.4 Å². The number of carbonyl (C=O) groups excluding carboxylic acids is 8. The Balaban J connectivity index is 1.48. The fourth-order valence-electron chi connectivity index (χ4n) is 8.57. The summed E-state index contributed by atoms with van der Waals surface area (Å²) < 4.78 is 0. The molecule has 21 heteroatoms. The number of H-pyrrole nitrogens is 1. The second-order valence-corrected chi connectivity index (χ2v) is 18.5. The minimum atomic E-state index is -1.29. The first-order valence-electron chi connectivity index (χ1n) is 25.4. The Labute approximate surface area is 431 Å². The minimum Gasteiger partial charge on any atom is -0.370 e. The van der Waals surface area contributed by atoms with Gasteiger partial charge in [0, 0.05) is 81.2 Å². The predicted octanol–water partition coefficient (Wildman–Crippen LogP) is 1.12. The van der Waals surface area contributed by atoms with Crippen LogP contribution in [-0.4, -0.2) is 121 Å². The number of nitrogens with two attached hydrogens (primary N) is 3. The number of aryl methyl sites for hydroxylation is 1. The van der Waals surface area contributed by atoms with Crippen molar-refractivity contribution in [3.63, 3.8) is 0 Å². The number of benzene rings is 3. The van der Waals surface area contributed by atoms with Crippen LogP contribution in [0.15, 0.2) is 90.1 Å². The highest BCUT2D eigenvalue weighted by Gasteiger charge is 2.32. The molecule has 0 saturated carbocycles. The number of aliphatic imine (C=N–C) groups is 1. The van der Waals surface area contributed by atoms with Crippen molar-refractivity contribution in [2.24, 2.45) is 22.2 Å². The number of hydrogen-bond acceptors (Lipinski definition) is 10. The van der Waals surface area contributed by atoms with E-state index in [0.29, 0.717) is 24.8 Å². The van der Waals surface area contributed by atoms with E-state index in [0.717, 1.165) is 34.1 Å². The topological polar surface area (TPSA) is 330 Å². The number of fused-ring (bicyclic) bond motifs is 1. The Kier molecular flexibility index (Phi) is 22.7. The smallest absolute Gasteiger partial charge is 0.243 e. The molecule has 0 spiro atoms. The maximum atomic E-state index is 14.6. The second kappa shape index (κ2) is 29.5. The third-order valence-electron chi connectivity index (χ3n) is 12.6. The molecule has 1 fully saturated rings. The molecule has 21 nitrogen and oxygen atoms in total. The zero-order chi connectivity index (χ0) is 53.4. The number of nitrogens with one attached hydrogen (secondary N) is 8. The van der Waals surface area contributed by atoms with Gasteiger partial charge in [0.25, 0.3) is 0 Å². The lowest BCUT2D eigenvalue weighted by atomic mass is 10.0. The maximum Gasteiger partial charge on any atom is 0.243 e. The summed E-state index contributed by atoms with van der Waals surface area (Å²) >= 11 is 0. The fourth-order valence-corrected chi connectivity index (χ4v) is 8.57. The standard InChI is InChI=1S/C53H73N13O8/c1-3-4-22-45(67)62-44-32-47(69)57-24-11-10-20-40(48(54)70)63-52(74)43(31-36-33-60-39-19-9-8-18-38(36)39)65-50(72)41(21-13-25-59-53(55)56)64-51(73)42(30-35-15-6-5-7-16-35)61-46(68)23-27-66(28-26-58-49(44)71)37-17-12-14-34(2)29-37/h5-9,12,14-19,29,33,40-44,60H,3-4,10-11,13,20-28,30-32H2,1-2H3,(H2,54,70)(H,57,69)(H,58,71)(H,61,68)(H,62,67)(H,63,74)(H,64,73)(H,65,72)(H4,55,56,59)/t40-,41-,42+,43-,44-/m0/s1. The van der Waals surface area contributed by atoms with Gasteiger partial charge in [-0.05, 0) is 80.3 Å². The third kappa shape index (κ3) is 18.9. The van der Waals surface area contributed by atoms with Gasteiger partial charge in [0.15, 0.2) is 5.96 Å². The Morgan fingerprint density at radius 1 is 0.730 bits per heavy atom. The van der Waals surface area contributed by atoms with Crippen molar-refractivity contribution in [1.82, 2.24) is 42.2 Å². The minimum absolute atomic E-state index is 0.0240. The summed E-state index contributed by atoms with van der Waals surface area (Å²) in [5.74, 6) is -5.00. The molecular formula is C53H73N13O8. The number of aromatic amines is 1. The average molecular weight is 1020 g/mol. The lowest BCUT2D eigenvalue weighted by Crippen LogP contribution is -2.58. The first-order chi connectivity index (χ1) is 35.6. The van der Waals surface area contributed by atoms with Gasteiger partial charge >= 0.3 is 0 Å². The highest BCUT2D eigenvalue weighted by Crippen LogP contribution is 2.20. The number of nitrogens with zero attached hydrogens (tertiary/aromatic N) is 2. The van der Waals surface area contributed by atoms with Crippen molar-refractivity contribution in [1.29, 1.82) is 0 Å². The Morgan fingerprint density at radius 3 is 2.19 bits per heavy atom. The van der Waals surface area contributed by atoms with Crippen LogP contribution in [0.5, 0.6) is 0 Å². The molecule has 74 heavy (non-hydrogen) atoms. The second-order valence-electron chi connectivity index (χ2n) is 18.5. The molecule has 0 radical (unpaired) electrons. The molecule has 1 saturated heterocycles. The van der Waals surface area contributed by atoms with Crippen molar-refractivity contribution in [2.75, 3.05) is 37.6 Å². The van der Waals surface area contributed by atoms with Crippen molar-refractivity contribution >= 4 is 69.8 Å². The first-order valence-corrected chi connectivity index (χ1v) is 25.4. The number of guanidine groups is 1. The fraction of sp³-hybridized carbons (Fsp3) is 0.453. The SMILES string of the molecule is CCCCC(=O)N[C@H]1CC(=O)NCCCC[C@@H](C(N)=O)NC(=O)[C@H](Cc2c[nH]c3ccccc23)NC(=O)[C@H](CCCN=C(N)N)NC(=O)[C@@H](Cc2ccccc2)NC(=O)CCN(c2cccc(C)c2)CCNC1=O. The van der Waals surface area contributed by atoms with Crippen molar-refractivity contribution in [3.05, 3.63) is 102 Å². The van der Waals surface area contributed by atoms with Gasteiger partial charge in [0.1, 0.15) is 30.2 Å². The summed E-state index contributed by atoms with van der Waals surface area (Å²) in [5.41, 5.74) is 20.9. The Hall–Kier alpha value is -7.97. The van der Waals surface area contributed by atoms with Crippen LogP contribution in [0.3, 0.4) is 0 Å². The van der Waals surface area contributed by atoms with E-state index in [2.05, 4.69) is 47.2 Å². The van der Waals surface area contributed by atoms with Crippen LogP contribution in [0.4, 0.5) is 5.69 Å². The van der Waals surface area contributed by atoms with E-state index in [1.165, 1.54) is 0 Å². The van der Waals surface area contributed by atoms with Gasteiger partial charge in [-0.25, -0.2) is 0 Å². The zero-order valence-electron chi connectivity index (χ0n) is 42.4. The summed E-state index contributed by atoms with van der Waals surface area (Å²) in [6.45, 7) is 4.62. The van der Waals surface area contributed by atoms with Gasteiger partial charge in [-0.2, -0.15) is 0 Å². The third-order valence-corrected chi connectivity index (χ3v) is 12.6. The van der Waals surface area contributed by atoms with Gasteiger partial charge < -0.3 is 64.3 Å². The van der Waals surface area contributed by atoms with Crippen LogP contribution in [0, 0.1) is 6.92 Å². The molecule has 5 rings (SSSR count). The molecule has 4 aromatic rings. The van der Waals surface area contributed by atoms with Crippen LogP contribution in [-0.2, 0) is 51.2 Å². The summed E-state index contributed by atoms with van der Waals surface area (Å²) in [6, 6.07) is 18.0. The van der Waals surface area contributed by atoms with Crippen LogP contribution in [0.25, 0.3) is 10.9 Å². The summed E-state index contributed by atoms with van der Waals surface area (Å²) in [5, 5.41) is 20.4. The molecule has 1 aromatic heterocycles. The summed E-state index contributed by atoms with van der Waals surface area (Å²) in [6.07, 6.45) is 3.88. The molecule has 0 aliphatic carbocycles. The van der Waals surface area contributed by atoms with E-state index in [1.54, 1.807) is 18.3 Å². The van der Waals surface area contributed by atoms with Crippen LogP contribution < -0.4 is 59.3 Å². The van der Waals surface area contributed by atoms with Gasteiger partial charge in [-0.15, -0.1) is 0 Å². The highest BCUT2D eigenvalue weighted by atomic mass is 16.2. The first kappa shape index (κ1) is 56.9. The van der Waals surface area contributed by atoms with Crippen molar-refractivity contribution in [3.8, 4) is 0 Å². The number of unbranched alkanes of at least 4 members (excludes halogenated alkanes) is 1. The molecule has 1 aliphatic heterocycles. The molecule has 5 atom stereocenters. The number of anilines is 1. The van der Waals surface area contributed by atoms with E-state index in [4.69, 9.17) is 17.2 Å². The summed E-state index contributed by atoms with van der Waals surface area (Å²) in [4.78, 5) is 119. The number of para-hydroxylation sites is 1. The van der Waals surface area contributed by atoms with Gasteiger partial charge in [-0.1, -0.05) is 74.0 Å². The van der Waals surface area contributed by atoms with Crippen molar-refractivity contribution in [2.45, 2.75) is 121 Å². The number of amides is 8. The van der Waals surface area contributed by atoms with Crippen LogP contribution in [0.2, 0.25) is 0 Å². The number of aromatic nitrogens is 1. The van der Waals surface area contributed by atoms with Gasteiger partial charge in [-0.3, -0.25) is 43.3 Å². The summed E-state index contributed by atoms with van der Waals surface area (Å²) in [7, 11) is 0. The van der Waals surface area contributed by atoms with E-state index in [1.807, 2.05) is 85.5 Å².